The summed E-state index contributed by atoms with van der Waals surface area (Å²) in [5, 5.41) is 9.18. The lowest BCUT2D eigenvalue weighted by atomic mass is 9.65. The number of aliphatic hydroxyl groups excluding tert-OH is 1. The van der Waals surface area contributed by atoms with Crippen LogP contribution >= 0.6 is 0 Å². The molecule has 2 bridgehead atoms. The van der Waals surface area contributed by atoms with Crippen LogP contribution in [0.1, 0.15) is 92.9 Å². The minimum absolute atomic E-state index is 0.0313. The predicted molar refractivity (Wildman–Crippen MR) is 155 cm³/mol. The number of hydrogen-bond acceptors (Lipinski definition) is 6. The molecule has 1 spiro atoms. The van der Waals surface area contributed by atoms with E-state index in [1.807, 2.05) is 11.8 Å². The van der Waals surface area contributed by atoms with Gasteiger partial charge in [-0.1, -0.05) is 59.3 Å². The van der Waals surface area contributed by atoms with Gasteiger partial charge >= 0.3 is 5.97 Å². The van der Waals surface area contributed by atoms with E-state index in [1.54, 1.807) is 11.0 Å². The van der Waals surface area contributed by atoms with Gasteiger partial charge < -0.3 is 24.4 Å². The first-order valence-corrected chi connectivity index (χ1v) is 15.1. The van der Waals surface area contributed by atoms with Crippen LogP contribution in [0, 0.1) is 17.3 Å². The van der Waals surface area contributed by atoms with Crippen molar-refractivity contribution in [3.63, 3.8) is 0 Å². The number of fused-ring (bicyclic) bond motifs is 1. The molecule has 8 nitrogen and oxygen atoms in total. The highest BCUT2D eigenvalue weighted by Crippen LogP contribution is 2.64. The van der Waals surface area contributed by atoms with E-state index in [4.69, 9.17) is 9.47 Å². The fraction of sp³-hybridized carbons (Fsp3) is 0.781. The van der Waals surface area contributed by atoms with E-state index in [-0.39, 0.29) is 30.4 Å². The van der Waals surface area contributed by atoms with Crippen LogP contribution in [0.15, 0.2) is 25.3 Å². The number of carbonyl (C=O) groups excluding carboxylic acids is 3. The lowest BCUT2D eigenvalue weighted by Gasteiger charge is -2.45. The highest BCUT2D eigenvalue weighted by atomic mass is 16.6. The molecule has 2 amide bonds. The van der Waals surface area contributed by atoms with E-state index < -0.39 is 40.6 Å². The minimum atomic E-state index is -1.08. The lowest BCUT2D eigenvalue weighted by Crippen LogP contribution is -2.61. The van der Waals surface area contributed by atoms with Crippen molar-refractivity contribution in [2.45, 2.75) is 116 Å². The molecule has 0 aromatic carbocycles. The normalized spacial score (nSPS) is 29.4. The molecule has 5 atom stereocenters. The Bertz CT molecular complexity index is 971. The third kappa shape index (κ3) is 5.89. The molecular weight excluding hydrogens is 508 g/mol. The Morgan fingerprint density at radius 3 is 2.38 bits per heavy atom. The summed E-state index contributed by atoms with van der Waals surface area (Å²) in [6, 6.07) is -0.826. The van der Waals surface area contributed by atoms with Crippen molar-refractivity contribution in [2.24, 2.45) is 17.3 Å². The van der Waals surface area contributed by atoms with Crippen molar-refractivity contribution in [2.75, 3.05) is 26.3 Å². The number of carbonyl (C=O) groups is 3. The second-order valence-electron chi connectivity index (χ2n) is 13.7. The molecule has 3 aliphatic heterocycles. The first-order chi connectivity index (χ1) is 18.7. The molecule has 3 saturated heterocycles. The van der Waals surface area contributed by atoms with E-state index in [0.29, 0.717) is 45.2 Å². The van der Waals surface area contributed by atoms with Gasteiger partial charge in [0.15, 0.2) is 0 Å². The van der Waals surface area contributed by atoms with Crippen LogP contribution in [0.3, 0.4) is 0 Å². The van der Waals surface area contributed by atoms with E-state index in [9.17, 15) is 19.5 Å². The van der Waals surface area contributed by atoms with Crippen LogP contribution in [0.5, 0.6) is 0 Å². The molecule has 3 rings (SSSR count). The third-order valence-corrected chi connectivity index (χ3v) is 9.09. The molecule has 0 radical (unpaired) electrons. The molecule has 1 N–H and O–H groups in total. The van der Waals surface area contributed by atoms with Crippen molar-refractivity contribution in [3.8, 4) is 0 Å². The Morgan fingerprint density at radius 1 is 1.12 bits per heavy atom. The van der Waals surface area contributed by atoms with E-state index in [1.165, 1.54) is 6.08 Å². The van der Waals surface area contributed by atoms with Crippen LogP contribution in [-0.4, -0.2) is 81.8 Å². The number of unbranched alkanes of at least 4 members (excludes halogenated alkanes) is 3. The van der Waals surface area contributed by atoms with Gasteiger partial charge in [0.25, 0.3) is 0 Å². The monoisotopic (exact) mass is 560 g/mol. The average molecular weight is 561 g/mol. The Kier molecular flexibility index (Phi) is 9.99. The fourth-order valence-corrected chi connectivity index (χ4v) is 7.88. The van der Waals surface area contributed by atoms with Crippen LogP contribution in [0.4, 0.5) is 0 Å². The van der Waals surface area contributed by atoms with Gasteiger partial charge in [-0.25, -0.2) is 0 Å². The average Bonchev–Trinajstić information content (AvgIpc) is 3.47. The molecular formula is C32H52N2O6. The number of rotatable bonds is 15. The highest BCUT2D eigenvalue weighted by Gasteiger charge is 2.79. The third-order valence-electron chi connectivity index (χ3n) is 9.09. The summed E-state index contributed by atoms with van der Waals surface area (Å²) in [6.07, 6.45) is 8.80. The first-order valence-electron chi connectivity index (χ1n) is 15.1. The van der Waals surface area contributed by atoms with Crippen molar-refractivity contribution in [1.82, 2.24) is 9.80 Å². The van der Waals surface area contributed by atoms with Gasteiger partial charge in [0.05, 0.1) is 11.5 Å². The summed E-state index contributed by atoms with van der Waals surface area (Å²) in [5.41, 5.74) is -2.44. The zero-order chi connectivity index (χ0) is 29.9. The summed E-state index contributed by atoms with van der Waals surface area (Å²) in [5.74, 6) is -2.31. The number of nitrogens with zero attached hydrogens (tertiary/aromatic N) is 2. The van der Waals surface area contributed by atoms with Crippen LogP contribution in [0.25, 0.3) is 0 Å². The predicted octanol–water partition coefficient (Wildman–Crippen LogP) is 4.65. The number of hydrogen-bond donors (Lipinski definition) is 1. The first kappa shape index (κ1) is 32.3. The lowest BCUT2D eigenvalue weighted by molar-refractivity contribution is -0.162. The number of aliphatic hydroxyl groups is 1. The summed E-state index contributed by atoms with van der Waals surface area (Å²) in [4.78, 5) is 46.1. The molecule has 3 heterocycles. The molecule has 226 valence electrons. The summed E-state index contributed by atoms with van der Waals surface area (Å²) in [7, 11) is 0. The van der Waals surface area contributed by atoms with Crippen molar-refractivity contribution < 1.29 is 29.0 Å². The van der Waals surface area contributed by atoms with Gasteiger partial charge in [0.2, 0.25) is 11.8 Å². The zero-order valence-corrected chi connectivity index (χ0v) is 25.7. The SMILES string of the molecule is C=CCOC(=O)[C@@H]1[C@H]2C(=O)N(CCCCCCO)C(C(=O)N(CC=C)C(C)(C)CC(C)(C)C)C23CC[C@@]1(CC)O3. The Balaban J connectivity index is 2.07. The number of ether oxygens (including phenoxy) is 2. The molecule has 0 aromatic rings. The van der Waals surface area contributed by atoms with Crippen molar-refractivity contribution in [3.05, 3.63) is 25.3 Å². The second-order valence-corrected chi connectivity index (χ2v) is 13.7. The maximum atomic E-state index is 14.8. The van der Waals surface area contributed by atoms with Gasteiger partial charge in [-0.15, -0.1) is 6.58 Å². The minimum Gasteiger partial charge on any atom is -0.461 e. The maximum Gasteiger partial charge on any atom is 0.313 e. The van der Waals surface area contributed by atoms with Gasteiger partial charge in [-0.2, -0.15) is 0 Å². The van der Waals surface area contributed by atoms with Gasteiger partial charge in [-0.3, -0.25) is 14.4 Å². The second kappa shape index (κ2) is 12.4. The van der Waals surface area contributed by atoms with Gasteiger partial charge in [0.1, 0.15) is 24.2 Å². The molecule has 0 saturated carbocycles. The summed E-state index contributed by atoms with van der Waals surface area (Å²) in [6.45, 7) is 21.1. The zero-order valence-electron chi connectivity index (χ0n) is 25.7. The Hall–Kier alpha value is -2.19. The molecule has 3 aliphatic rings. The largest absolute Gasteiger partial charge is 0.461 e. The van der Waals surface area contributed by atoms with Crippen LogP contribution < -0.4 is 0 Å². The van der Waals surface area contributed by atoms with E-state index in [2.05, 4.69) is 47.8 Å². The topological polar surface area (TPSA) is 96.4 Å². The molecule has 40 heavy (non-hydrogen) atoms. The molecule has 3 fully saturated rings. The van der Waals surface area contributed by atoms with Gasteiger partial charge in [0, 0.05) is 25.2 Å². The highest BCUT2D eigenvalue weighted by molar-refractivity contribution is 5.98. The Morgan fingerprint density at radius 2 is 1.80 bits per heavy atom. The maximum absolute atomic E-state index is 14.8. The van der Waals surface area contributed by atoms with Crippen LogP contribution in [0.2, 0.25) is 0 Å². The molecule has 0 aromatic heterocycles. The quantitative estimate of drug-likeness (QED) is 0.178. The molecule has 8 heteroatoms. The van der Waals surface area contributed by atoms with Gasteiger partial charge in [-0.05, 0) is 57.8 Å². The number of amides is 2. The van der Waals surface area contributed by atoms with Crippen LogP contribution in [-0.2, 0) is 23.9 Å². The number of likely N-dealkylation sites (tertiary alicyclic amines) is 1. The molecule has 2 unspecified atom stereocenters. The van der Waals surface area contributed by atoms with Crippen molar-refractivity contribution in [1.29, 1.82) is 0 Å². The van der Waals surface area contributed by atoms with E-state index in [0.717, 1.165) is 19.3 Å². The van der Waals surface area contributed by atoms with Crippen molar-refractivity contribution >= 4 is 17.8 Å². The molecule has 0 aliphatic carbocycles. The smallest absolute Gasteiger partial charge is 0.313 e. The number of esters is 1. The summed E-state index contributed by atoms with van der Waals surface area (Å²) >= 11 is 0. The fourth-order valence-electron chi connectivity index (χ4n) is 7.88. The standard InChI is InChI=1S/C32H52N2O6/c1-9-18-34(30(7,8)22-29(4,5)6)27(37)25-32-17-16-31(11-3,40-32)24(28(38)39-21-10-2)23(32)26(36)33(25)19-14-12-13-15-20-35/h9-10,23-25,35H,1-2,11-22H2,3-8H3/t23-,24-,25?,31+,32?/m0/s1. The summed E-state index contributed by atoms with van der Waals surface area (Å²) < 4.78 is 12.4. The van der Waals surface area contributed by atoms with E-state index >= 15 is 0 Å². The Labute approximate surface area is 241 Å².